The first-order valence-corrected chi connectivity index (χ1v) is 9.09. The van der Waals surface area contributed by atoms with Crippen LogP contribution >= 0.6 is 11.8 Å². The minimum absolute atomic E-state index is 0.0284. The molecule has 0 aliphatic heterocycles. The molecule has 0 unspecified atom stereocenters. The average molecular weight is 352 g/mol. The van der Waals surface area contributed by atoms with E-state index >= 15 is 0 Å². The largest absolute Gasteiger partial charge is 0.294 e. The highest BCUT2D eigenvalue weighted by molar-refractivity contribution is 7.99. The minimum Gasteiger partial charge on any atom is -0.294 e. The molecule has 0 bridgehead atoms. The molecule has 7 heteroatoms. The Morgan fingerprint density at radius 3 is 2.84 bits per heavy atom. The molecule has 6 nitrogen and oxygen atoms in total. The molecule has 0 saturated heterocycles. The molecule has 0 N–H and O–H groups in total. The summed E-state index contributed by atoms with van der Waals surface area (Å²) in [7, 11) is 0. The van der Waals surface area contributed by atoms with Crippen molar-refractivity contribution in [3.05, 3.63) is 53.3 Å². The third-order valence-electron chi connectivity index (χ3n) is 4.20. The van der Waals surface area contributed by atoms with E-state index in [2.05, 4.69) is 15.1 Å². The van der Waals surface area contributed by atoms with Crippen molar-refractivity contribution in [1.82, 2.24) is 19.6 Å². The normalized spacial score (nSPS) is 16.8. The summed E-state index contributed by atoms with van der Waals surface area (Å²) < 4.78 is 1.53. The summed E-state index contributed by atoms with van der Waals surface area (Å²) in [6.45, 7) is 2.05. The first-order chi connectivity index (χ1) is 12.1. The van der Waals surface area contributed by atoms with Crippen LogP contribution in [0, 0.1) is 5.92 Å². The molecule has 0 amide bonds. The van der Waals surface area contributed by atoms with Crippen LogP contribution in [-0.2, 0) is 6.42 Å². The summed E-state index contributed by atoms with van der Waals surface area (Å²) in [6.07, 6.45) is 3.03. The molecular weight excluding hydrogens is 336 g/mol. The molecule has 126 valence electrons. The Balaban J connectivity index is 1.55. The second-order valence-corrected chi connectivity index (χ2v) is 7.20. The van der Waals surface area contributed by atoms with E-state index in [1.165, 1.54) is 16.3 Å². The minimum atomic E-state index is 0.0284. The number of hydrogen-bond acceptors (Lipinski definition) is 6. The van der Waals surface area contributed by atoms with E-state index in [0.29, 0.717) is 34.4 Å². The van der Waals surface area contributed by atoms with Crippen molar-refractivity contribution < 1.29 is 9.59 Å². The predicted octanol–water partition coefficient (Wildman–Crippen LogP) is 2.86. The molecule has 0 radical (unpaired) electrons. The molecule has 1 aliphatic rings. The van der Waals surface area contributed by atoms with Gasteiger partial charge >= 0.3 is 0 Å². The maximum Gasteiger partial charge on any atom is 0.253 e. The first kappa shape index (κ1) is 16.0. The molecule has 1 aliphatic carbocycles. The molecule has 2 heterocycles. The maximum atomic E-state index is 12.2. The molecular formula is C18H16N4O2S. The molecule has 0 saturated carbocycles. The van der Waals surface area contributed by atoms with E-state index in [-0.39, 0.29) is 17.3 Å². The van der Waals surface area contributed by atoms with E-state index in [1.807, 2.05) is 25.1 Å². The monoisotopic (exact) mass is 352 g/mol. The summed E-state index contributed by atoms with van der Waals surface area (Å²) in [6, 6.07) is 9.15. The van der Waals surface area contributed by atoms with E-state index in [9.17, 15) is 9.59 Å². The number of benzene rings is 1. The Labute approximate surface area is 148 Å². The van der Waals surface area contributed by atoms with E-state index in [4.69, 9.17) is 0 Å². The zero-order chi connectivity index (χ0) is 17.4. The number of fused-ring (bicyclic) bond motifs is 2. The Kier molecular flexibility index (Phi) is 4.09. The first-order valence-electron chi connectivity index (χ1n) is 8.10. The topological polar surface area (TPSA) is 77.2 Å². The van der Waals surface area contributed by atoms with Crippen LogP contribution in [0.15, 0.2) is 41.7 Å². The quantitative estimate of drug-likeness (QED) is 0.531. The number of thioether (sulfide) groups is 1. The van der Waals surface area contributed by atoms with Gasteiger partial charge in [0.1, 0.15) is 0 Å². The average Bonchev–Trinajstić information content (AvgIpc) is 3.00. The molecule has 3 aromatic rings. The number of aromatic nitrogens is 4. The van der Waals surface area contributed by atoms with Crippen LogP contribution < -0.4 is 0 Å². The highest BCUT2D eigenvalue weighted by atomic mass is 32.2. The lowest BCUT2D eigenvalue weighted by molar-refractivity contribution is 0.0950. The number of rotatable bonds is 4. The second-order valence-electron chi connectivity index (χ2n) is 6.25. The third-order valence-corrected chi connectivity index (χ3v) is 5.03. The summed E-state index contributed by atoms with van der Waals surface area (Å²) in [4.78, 5) is 33.2. The van der Waals surface area contributed by atoms with Gasteiger partial charge in [-0.1, -0.05) is 49.0 Å². The lowest BCUT2D eigenvalue weighted by Gasteiger charge is -2.18. The van der Waals surface area contributed by atoms with Gasteiger partial charge < -0.3 is 0 Å². The zero-order valence-corrected chi connectivity index (χ0v) is 14.5. The van der Waals surface area contributed by atoms with E-state index in [1.54, 1.807) is 18.3 Å². The van der Waals surface area contributed by atoms with Crippen molar-refractivity contribution in [2.75, 3.05) is 5.75 Å². The van der Waals surface area contributed by atoms with Gasteiger partial charge in [-0.3, -0.25) is 9.59 Å². The van der Waals surface area contributed by atoms with Crippen LogP contribution in [0.25, 0.3) is 5.78 Å². The number of carbonyl (C=O) groups excluding carboxylic acids is 2. The summed E-state index contributed by atoms with van der Waals surface area (Å²) in [5, 5.41) is 4.83. The Morgan fingerprint density at radius 2 is 2.04 bits per heavy atom. The van der Waals surface area contributed by atoms with Crippen LogP contribution in [0.2, 0.25) is 0 Å². The molecule has 1 atom stereocenters. The summed E-state index contributed by atoms with van der Waals surface area (Å²) in [5.41, 5.74) is 2.10. The third kappa shape index (κ3) is 3.19. The Bertz CT molecular complexity index is 968. The number of ketones is 2. The van der Waals surface area contributed by atoms with Gasteiger partial charge in [0, 0.05) is 18.2 Å². The SMILES string of the molecule is C[C@@H]1CC(=O)c2cn3nc(SCC(=O)c4ccccc4)nc3nc2C1. The fourth-order valence-electron chi connectivity index (χ4n) is 2.95. The molecule has 25 heavy (non-hydrogen) atoms. The molecule has 4 rings (SSSR count). The number of carbonyl (C=O) groups is 2. The van der Waals surface area contributed by atoms with Gasteiger partial charge in [-0.2, -0.15) is 4.98 Å². The molecule has 0 spiro atoms. The highest BCUT2D eigenvalue weighted by Gasteiger charge is 2.25. The van der Waals surface area contributed by atoms with Crippen molar-refractivity contribution in [2.45, 2.75) is 24.9 Å². The zero-order valence-electron chi connectivity index (χ0n) is 13.7. The van der Waals surface area contributed by atoms with Crippen LogP contribution in [-0.4, -0.2) is 36.9 Å². The van der Waals surface area contributed by atoms with Gasteiger partial charge in [0.15, 0.2) is 11.6 Å². The lowest BCUT2D eigenvalue weighted by atomic mass is 9.88. The number of hydrogen-bond donors (Lipinski definition) is 0. The summed E-state index contributed by atoms with van der Waals surface area (Å²) in [5.74, 6) is 1.16. The van der Waals surface area contributed by atoms with Crippen molar-refractivity contribution >= 4 is 29.1 Å². The van der Waals surface area contributed by atoms with Crippen LogP contribution in [0.1, 0.15) is 39.8 Å². The van der Waals surface area contributed by atoms with E-state index < -0.39 is 0 Å². The number of nitrogens with zero attached hydrogens (tertiary/aromatic N) is 4. The van der Waals surface area contributed by atoms with Crippen molar-refractivity contribution in [2.24, 2.45) is 5.92 Å². The fourth-order valence-corrected chi connectivity index (χ4v) is 3.67. The van der Waals surface area contributed by atoms with Gasteiger partial charge in [-0.15, -0.1) is 5.10 Å². The van der Waals surface area contributed by atoms with Gasteiger partial charge in [-0.25, -0.2) is 9.50 Å². The van der Waals surface area contributed by atoms with E-state index in [0.717, 1.165) is 12.1 Å². The van der Waals surface area contributed by atoms with Crippen LogP contribution in [0.4, 0.5) is 0 Å². The van der Waals surface area contributed by atoms with Crippen LogP contribution in [0.3, 0.4) is 0 Å². The van der Waals surface area contributed by atoms with Crippen molar-refractivity contribution in [3.63, 3.8) is 0 Å². The van der Waals surface area contributed by atoms with Gasteiger partial charge in [0.2, 0.25) is 5.16 Å². The van der Waals surface area contributed by atoms with Crippen molar-refractivity contribution in [3.8, 4) is 0 Å². The summed E-state index contributed by atoms with van der Waals surface area (Å²) >= 11 is 1.28. The Morgan fingerprint density at radius 1 is 1.24 bits per heavy atom. The van der Waals surface area contributed by atoms with Gasteiger partial charge in [0.25, 0.3) is 5.78 Å². The Hall–Kier alpha value is -2.54. The molecule has 2 aromatic heterocycles. The second kappa shape index (κ2) is 6.40. The standard InChI is InChI=1S/C18H16N4O2S/c1-11-7-14-13(15(23)8-11)9-22-17(19-14)20-18(21-22)25-10-16(24)12-5-3-2-4-6-12/h2-6,9,11H,7-8,10H2,1H3/t11-/m0/s1. The fraction of sp³-hybridized carbons (Fsp3) is 0.278. The van der Waals surface area contributed by atoms with Gasteiger partial charge in [-0.05, 0) is 12.3 Å². The number of Topliss-reactive ketones (excluding diaryl/α,β-unsaturated/α-hetero) is 2. The molecule has 1 aromatic carbocycles. The van der Waals surface area contributed by atoms with Gasteiger partial charge in [0.05, 0.1) is 17.0 Å². The smallest absolute Gasteiger partial charge is 0.253 e. The maximum absolute atomic E-state index is 12.2. The predicted molar refractivity (Wildman–Crippen MR) is 94.1 cm³/mol. The molecule has 0 fully saturated rings. The van der Waals surface area contributed by atoms with Crippen molar-refractivity contribution in [1.29, 1.82) is 0 Å². The van der Waals surface area contributed by atoms with Crippen LogP contribution in [0.5, 0.6) is 0 Å². The highest BCUT2D eigenvalue weighted by Crippen LogP contribution is 2.25. The lowest BCUT2D eigenvalue weighted by Crippen LogP contribution is -2.20.